The first kappa shape index (κ1) is 9.69. The summed E-state index contributed by atoms with van der Waals surface area (Å²) in [6.45, 7) is 4.08. The third-order valence-corrected chi connectivity index (χ3v) is 3.44. The second kappa shape index (κ2) is 3.71. The first-order chi connectivity index (χ1) is 6.70. The molecule has 0 saturated heterocycles. The van der Waals surface area contributed by atoms with Gasteiger partial charge in [0, 0.05) is 4.70 Å². The summed E-state index contributed by atoms with van der Waals surface area (Å²) in [4.78, 5) is 0. The van der Waals surface area contributed by atoms with Gasteiger partial charge in [-0.1, -0.05) is 32.0 Å². The Morgan fingerprint density at radius 1 is 1.21 bits per heavy atom. The Balaban J connectivity index is 2.53. The van der Waals surface area contributed by atoms with E-state index in [0.29, 0.717) is 0 Å². The van der Waals surface area contributed by atoms with Crippen molar-refractivity contribution in [3.05, 3.63) is 35.2 Å². The number of hydrogen-bond acceptors (Lipinski definition) is 2. The van der Waals surface area contributed by atoms with E-state index in [1.54, 1.807) is 11.3 Å². The average Bonchev–Trinajstić information content (AvgIpc) is 2.60. The van der Waals surface area contributed by atoms with Gasteiger partial charge in [0.15, 0.2) is 0 Å². The van der Waals surface area contributed by atoms with Crippen LogP contribution in [0.5, 0.6) is 0 Å². The summed E-state index contributed by atoms with van der Waals surface area (Å²) in [5.41, 5.74) is 1.07. The molecule has 2 rings (SSSR count). The van der Waals surface area contributed by atoms with E-state index in [0.717, 1.165) is 5.56 Å². The van der Waals surface area contributed by atoms with Gasteiger partial charge in [0.2, 0.25) is 0 Å². The van der Waals surface area contributed by atoms with Crippen LogP contribution in [0.1, 0.15) is 25.5 Å². The van der Waals surface area contributed by atoms with Crippen molar-refractivity contribution in [2.75, 3.05) is 0 Å². The summed E-state index contributed by atoms with van der Waals surface area (Å²) in [6.07, 6.45) is -0.342. The van der Waals surface area contributed by atoms with Gasteiger partial charge in [0.1, 0.15) is 0 Å². The quantitative estimate of drug-likeness (QED) is 0.796. The smallest absolute Gasteiger partial charge is 0.0826 e. The number of rotatable bonds is 2. The Morgan fingerprint density at radius 2 is 1.93 bits per heavy atom. The van der Waals surface area contributed by atoms with Gasteiger partial charge in [-0.3, -0.25) is 0 Å². The largest absolute Gasteiger partial charge is 0.388 e. The van der Waals surface area contributed by atoms with Crippen molar-refractivity contribution in [1.82, 2.24) is 0 Å². The number of benzene rings is 1. The molecule has 0 aliphatic rings. The number of hydrogen-bond donors (Lipinski definition) is 1. The molecule has 1 heterocycles. The van der Waals surface area contributed by atoms with Crippen LogP contribution in [0, 0.1) is 5.92 Å². The fraction of sp³-hybridized carbons (Fsp3) is 0.333. The molecule has 0 amide bonds. The lowest BCUT2D eigenvalue weighted by Gasteiger charge is -2.13. The maximum atomic E-state index is 9.99. The van der Waals surface area contributed by atoms with Crippen LogP contribution < -0.4 is 0 Å². The van der Waals surface area contributed by atoms with E-state index in [-0.39, 0.29) is 12.0 Å². The standard InChI is InChI=1S/C12H14OS/c1-8(2)12(13)10-7-14-11-6-4-3-5-9(10)11/h3-8,12-13H,1-2H3. The molecule has 0 spiro atoms. The van der Waals surface area contributed by atoms with Gasteiger partial charge in [-0.05, 0) is 28.3 Å². The lowest BCUT2D eigenvalue weighted by Crippen LogP contribution is -2.04. The third kappa shape index (κ3) is 1.56. The molecule has 0 saturated carbocycles. The lowest BCUT2D eigenvalue weighted by molar-refractivity contribution is 0.128. The molecule has 2 heteroatoms. The molecule has 1 atom stereocenters. The molecular formula is C12H14OS. The maximum absolute atomic E-state index is 9.99. The van der Waals surface area contributed by atoms with Crippen LogP contribution in [0.3, 0.4) is 0 Å². The third-order valence-electron chi connectivity index (χ3n) is 2.46. The fourth-order valence-corrected chi connectivity index (χ4v) is 2.58. The molecule has 0 fully saturated rings. The summed E-state index contributed by atoms with van der Waals surface area (Å²) in [5, 5.41) is 13.2. The maximum Gasteiger partial charge on any atom is 0.0826 e. The molecule has 1 aromatic carbocycles. The molecule has 1 aromatic heterocycles. The van der Waals surface area contributed by atoms with Crippen LogP contribution in [0.25, 0.3) is 10.1 Å². The van der Waals surface area contributed by atoms with Crippen molar-refractivity contribution < 1.29 is 5.11 Å². The summed E-state index contributed by atoms with van der Waals surface area (Å²) >= 11 is 1.70. The van der Waals surface area contributed by atoms with Crippen molar-refractivity contribution in [2.24, 2.45) is 5.92 Å². The summed E-state index contributed by atoms with van der Waals surface area (Å²) in [6, 6.07) is 8.22. The normalized spacial score (nSPS) is 13.7. The number of fused-ring (bicyclic) bond motifs is 1. The van der Waals surface area contributed by atoms with Crippen molar-refractivity contribution in [3.8, 4) is 0 Å². The predicted molar refractivity (Wildman–Crippen MR) is 61.6 cm³/mol. The van der Waals surface area contributed by atoms with Crippen LogP contribution in [0.2, 0.25) is 0 Å². The van der Waals surface area contributed by atoms with Gasteiger partial charge in [-0.25, -0.2) is 0 Å². The van der Waals surface area contributed by atoms with Crippen LogP contribution in [-0.4, -0.2) is 5.11 Å². The summed E-state index contributed by atoms with van der Waals surface area (Å²) < 4.78 is 1.25. The van der Waals surface area contributed by atoms with Crippen molar-refractivity contribution >= 4 is 21.4 Å². The van der Waals surface area contributed by atoms with E-state index in [2.05, 4.69) is 17.5 Å². The zero-order chi connectivity index (χ0) is 10.1. The van der Waals surface area contributed by atoms with Crippen molar-refractivity contribution in [1.29, 1.82) is 0 Å². The van der Waals surface area contributed by atoms with Crippen molar-refractivity contribution in [3.63, 3.8) is 0 Å². The van der Waals surface area contributed by atoms with E-state index in [9.17, 15) is 5.11 Å². The van der Waals surface area contributed by atoms with E-state index in [1.165, 1.54) is 10.1 Å². The fourth-order valence-electron chi connectivity index (χ4n) is 1.59. The first-order valence-corrected chi connectivity index (χ1v) is 5.72. The molecule has 0 aliphatic heterocycles. The highest BCUT2D eigenvalue weighted by Crippen LogP contribution is 2.33. The number of aliphatic hydroxyl groups is 1. The highest BCUT2D eigenvalue weighted by Gasteiger charge is 2.15. The second-order valence-corrected chi connectivity index (χ2v) is 4.79. The Labute approximate surface area is 88.0 Å². The van der Waals surface area contributed by atoms with Gasteiger partial charge < -0.3 is 5.11 Å². The lowest BCUT2D eigenvalue weighted by atomic mass is 9.99. The number of thiophene rings is 1. The van der Waals surface area contributed by atoms with Gasteiger partial charge in [-0.2, -0.15) is 0 Å². The highest BCUT2D eigenvalue weighted by molar-refractivity contribution is 7.17. The number of aliphatic hydroxyl groups excluding tert-OH is 1. The minimum absolute atomic E-state index is 0.271. The molecule has 0 aliphatic carbocycles. The minimum atomic E-state index is -0.342. The SMILES string of the molecule is CC(C)C(O)c1csc2ccccc12. The Kier molecular flexibility index (Phi) is 2.57. The second-order valence-electron chi connectivity index (χ2n) is 3.88. The first-order valence-electron chi connectivity index (χ1n) is 4.84. The minimum Gasteiger partial charge on any atom is -0.388 e. The van der Waals surface area contributed by atoms with E-state index in [1.807, 2.05) is 26.0 Å². The van der Waals surface area contributed by atoms with Gasteiger partial charge in [-0.15, -0.1) is 11.3 Å². The zero-order valence-corrected chi connectivity index (χ0v) is 9.21. The van der Waals surface area contributed by atoms with Gasteiger partial charge in [0.25, 0.3) is 0 Å². The Hall–Kier alpha value is -0.860. The topological polar surface area (TPSA) is 20.2 Å². The van der Waals surface area contributed by atoms with E-state index < -0.39 is 0 Å². The monoisotopic (exact) mass is 206 g/mol. The summed E-state index contributed by atoms with van der Waals surface area (Å²) in [7, 11) is 0. The van der Waals surface area contributed by atoms with Crippen LogP contribution >= 0.6 is 11.3 Å². The van der Waals surface area contributed by atoms with Gasteiger partial charge in [0.05, 0.1) is 6.10 Å². The van der Waals surface area contributed by atoms with Crippen molar-refractivity contribution in [2.45, 2.75) is 20.0 Å². The van der Waals surface area contributed by atoms with E-state index in [4.69, 9.17) is 0 Å². The highest BCUT2D eigenvalue weighted by atomic mass is 32.1. The zero-order valence-electron chi connectivity index (χ0n) is 8.40. The molecule has 1 nitrogen and oxygen atoms in total. The Bertz CT molecular complexity index is 431. The molecule has 1 N–H and O–H groups in total. The molecule has 74 valence electrons. The molecule has 0 bridgehead atoms. The van der Waals surface area contributed by atoms with E-state index >= 15 is 0 Å². The van der Waals surface area contributed by atoms with Crippen LogP contribution in [-0.2, 0) is 0 Å². The van der Waals surface area contributed by atoms with Crippen LogP contribution in [0.15, 0.2) is 29.6 Å². The Morgan fingerprint density at radius 3 is 2.64 bits per heavy atom. The average molecular weight is 206 g/mol. The molecule has 1 unspecified atom stereocenters. The molecule has 14 heavy (non-hydrogen) atoms. The molecule has 2 aromatic rings. The van der Waals surface area contributed by atoms with Crippen LogP contribution in [0.4, 0.5) is 0 Å². The molecule has 0 radical (unpaired) electrons. The molecular weight excluding hydrogens is 192 g/mol. The van der Waals surface area contributed by atoms with Gasteiger partial charge >= 0.3 is 0 Å². The summed E-state index contributed by atoms with van der Waals surface area (Å²) in [5.74, 6) is 0.271. The predicted octanol–water partition coefficient (Wildman–Crippen LogP) is 3.59.